The van der Waals surface area contributed by atoms with E-state index < -0.39 is 35.0 Å². The van der Waals surface area contributed by atoms with Crippen LogP contribution < -0.4 is 14.9 Å². The smallest absolute Gasteiger partial charge is 0.434 e. The van der Waals surface area contributed by atoms with Gasteiger partial charge in [-0.2, -0.15) is 13.2 Å². The minimum absolute atomic E-state index is 0.154. The topological polar surface area (TPSA) is 65.6 Å². The minimum Gasteiger partial charge on any atom is -0.463 e. The van der Waals surface area contributed by atoms with E-state index in [-0.39, 0.29) is 21.5 Å². The van der Waals surface area contributed by atoms with Crippen molar-refractivity contribution in [3.8, 4) is 0 Å². The van der Waals surface area contributed by atoms with Gasteiger partial charge in [-0.25, -0.2) is 9.79 Å². The second-order valence-corrected chi connectivity index (χ2v) is 11.3. The molecule has 0 fully saturated rings. The molecule has 1 aliphatic rings. The van der Waals surface area contributed by atoms with Crippen LogP contribution in [0.15, 0.2) is 106 Å². The van der Waals surface area contributed by atoms with Crippen LogP contribution in [-0.4, -0.2) is 27.9 Å². The molecule has 0 bridgehead atoms. The summed E-state index contributed by atoms with van der Waals surface area (Å²) in [5, 5.41) is 1.22. The molecular formula is C32H23ClF3N3O3S. The number of halogens is 4. The lowest BCUT2D eigenvalue weighted by Crippen LogP contribution is -2.41. The van der Waals surface area contributed by atoms with Crippen LogP contribution in [0.3, 0.4) is 0 Å². The van der Waals surface area contributed by atoms with Gasteiger partial charge in [0.05, 0.1) is 22.8 Å². The number of thiazole rings is 1. The number of fused-ring (bicyclic) bond motifs is 2. The number of aromatic nitrogens is 2. The number of ether oxygens (including phenoxy) is 1. The zero-order chi connectivity index (χ0) is 30.3. The standard InChI is InChI=1S/C32H23ClF3N3O3S/c1-2-42-30(41)26-27(20-12-14-22(33)15-13-20)39-29(40)25(43-31(39)37-28(26)32(34,35)36)16-21-18-38(17-19-8-4-3-5-9-19)24-11-7-6-10-23(21)24/h3-16,18,27H,2,17H2,1H3/b25-16-/t27-/m0/s1. The number of rotatable bonds is 6. The summed E-state index contributed by atoms with van der Waals surface area (Å²) in [7, 11) is 0. The van der Waals surface area contributed by atoms with Gasteiger partial charge in [0.2, 0.25) is 0 Å². The Balaban J connectivity index is 1.57. The first-order valence-electron chi connectivity index (χ1n) is 13.3. The Kier molecular flexibility index (Phi) is 7.57. The van der Waals surface area contributed by atoms with Crippen LogP contribution in [-0.2, 0) is 16.1 Å². The number of benzene rings is 3. The summed E-state index contributed by atoms with van der Waals surface area (Å²) in [4.78, 5) is 30.7. The lowest BCUT2D eigenvalue weighted by atomic mass is 9.95. The SMILES string of the molecule is CCOC(=O)C1=C(C(F)(F)F)N=c2s/c(=C\c3cn(Cc4ccccc4)c4ccccc34)c(=O)n2[C@H]1c1ccc(Cl)cc1. The predicted molar refractivity (Wildman–Crippen MR) is 160 cm³/mol. The van der Waals surface area contributed by atoms with E-state index in [1.807, 2.05) is 60.8 Å². The van der Waals surface area contributed by atoms with E-state index in [9.17, 15) is 22.8 Å². The Hall–Kier alpha value is -4.41. The molecule has 6 nitrogen and oxygen atoms in total. The summed E-state index contributed by atoms with van der Waals surface area (Å²) in [5.41, 5.74) is 0.285. The van der Waals surface area contributed by atoms with Gasteiger partial charge in [-0.15, -0.1) is 0 Å². The molecule has 1 aliphatic heterocycles. The molecule has 0 N–H and O–H groups in total. The molecule has 43 heavy (non-hydrogen) atoms. The van der Waals surface area contributed by atoms with E-state index in [1.54, 1.807) is 6.08 Å². The maximum atomic E-state index is 14.4. The maximum Gasteiger partial charge on any atom is 0.434 e. The van der Waals surface area contributed by atoms with Crippen molar-refractivity contribution in [3.63, 3.8) is 0 Å². The summed E-state index contributed by atoms with van der Waals surface area (Å²) in [6.45, 7) is 1.93. The Morgan fingerprint density at radius 1 is 1.05 bits per heavy atom. The number of carbonyl (C=O) groups is 1. The molecule has 0 saturated carbocycles. The van der Waals surface area contributed by atoms with E-state index in [2.05, 4.69) is 9.56 Å². The van der Waals surface area contributed by atoms with E-state index in [0.717, 1.165) is 37.9 Å². The van der Waals surface area contributed by atoms with Crippen LogP contribution in [0.25, 0.3) is 17.0 Å². The van der Waals surface area contributed by atoms with Gasteiger partial charge in [0.15, 0.2) is 10.5 Å². The summed E-state index contributed by atoms with van der Waals surface area (Å²) >= 11 is 6.89. The number of allylic oxidation sites excluding steroid dienone is 1. The summed E-state index contributed by atoms with van der Waals surface area (Å²) in [5.74, 6) is -1.20. The molecule has 0 aliphatic carbocycles. The number of carbonyl (C=O) groups excluding carboxylic acids is 1. The van der Waals surface area contributed by atoms with Gasteiger partial charge in [0.25, 0.3) is 5.56 Å². The van der Waals surface area contributed by atoms with Crippen molar-refractivity contribution in [1.82, 2.24) is 9.13 Å². The highest BCUT2D eigenvalue weighted by Crippen LogP contribution is 2.38. The van der Waals surface area contributed by atoms with Crippen molar-refractivity contribution in [1.29, 1.82) is 0 Å². The number of alkyl halides is 3. The molecule has 2 aromatic heterocycles. The monoisotopic (exact) mass is 621 g/mol. The van der Waals surface area contributed by atoms with Crippen molar-refractivity contribution < 1.29 is 22.7 Å². The second-order valence-electron chi connectivity index (χ2n) is 9.83. The number of para-hydroxylation sites is 1. The third-order valence-electron chi connectivity index (χ3n) is 7.08. The van der Waals surface area contributed by atoms with Crippen LogP contribution in [0, 0.1) is 0 Å². The highest BCUT2D eigenvalue weighted by atomic mass is 35.5. The van der Waals surface area contributed by atoms with Crippen molar-refractivity contribution >= 4 is 45.9 Å². The molecule has 0 spiro atoms. The second kappa shape index (κ2) is 11.3. The van der Waals surface area contributed by atoms with Crippen LogP contribution in [0.1, 0.15) is 29.7 Å². The first kappa shape index (κ1) is 28.7. The van der Waals surface area contributed by atoms with Crippen LogP contribution >= 0.6 is 22.9 Å². The Morgan fingerprint density at radius 3 is 2.44 bits per heavy atom. The van der Waals surface area contributed by atoms with Crippen LogP contribution in [0.2, 0.25) is 5.02 Å². The van der Waals surface area contributed by atoms with E-state index in [0.29, 0.717) is 11.6 Å². The van der Waals surface area contributed by atoms with Crippen molar-refractivity contribution in [2.24, 2.45) is 4.99 Å². The third-order valence-corrected chi connectivity index (χ3v) is 8.32. The quantitative estimate of drug-likeness (QED) is 0.219. The average Bonchev–Trinajstić information content (AvgIpc) is 3.49. The Bertz CT molecular complexity index is 2060. The number of hydrogen-bond acceptors (Lipinski definition) is 5. The highest BCUT2D eigenvalue weighted by molar-refractivity contribution is 7.07. The van der Waals surface area contributed by atoms with Gasteiger partial charge in [0, 0.05) is 34.2 Å². The summed E-state index contributed by atoms with van der Waals surface area (Å²) in [6.07, 6.45) is -1.40. The predicted octanol–water partition coefficient (Wildman–Crippen LogP) is 6.00. The zero-order valence-electron chi connectivity index (χ0n) is 22.6. The molecule has 218 valence electrons. The summed E-state index contributed by atoms with van der Waals surface area (Å²) < 4.78 is 51.5. The van der Waals surface area contributed by atoms with E-state index in [1.165, 1.54) is 31.2 Å². The number of hydrogen-bond donors (Lipinski definition) is 0. The Labute approximate surface area is 252 Å². The van der Waals surface area contributed by atoms with Crippen molar-refractivity contribution in [2.45, 2.75) is 25.7 Å². The maximum absolute atomic E-state index is 14.4. The molecule has 0 saturated heterocycles. The van der Waals surface area contributed by atoms with Crippen molar-refractivity contribution in [2.75, 3.05) is 6.61 Å². The number of esters is 1. The van der Waals surface area contributed by atoms with Gasteiger partial charge < -0.3 is 9.30 Å². The fraction of sp³-hybridized carbons (Fsp3) is 0.156. The fourth-order valence-electron chi connectivity index (χ4n) is 5.24. The molecule has 0 unspecified atom stereocenters. The minimum atomic E-state index is -4.98. The summed E-state index contributed by atoms with van der Waals surface area (Å²) in [6, 6.07) is 22.1. The molecular weight excluding hydrogens is 599 g/mol. The molecule has 0 radical (unpaired) electrons. The van der Waals surface area contributed by atoms with E-state index >= 15 is 0 Å². The lowest BCUT2D eigenvalue weighted by Gasteiger charge is -2.26. The normalized spacial score (nSPS) is 15.5. The zero-order valence-corrected chi connectivity index (χ0v) is 24.2. The van der Waals surface area contributed by atoms with Gasteiger partial charge >= 0.3 is 12.1 Å². The molecule has 3 aromatic carbocycles. The number of nitrogens with zero attached hydrogens (tertiary/aromatic N) is 3. The fourth-order valence-corrected chi connectivity index (χ4v) is 6.36. The molecule has 0 amide bonds. The lowest BCUT2D eigenvalue weighted by molar-refractivity contribution is -0.140. The van der Waals surface area contributed by atoms with Crippen LogP contribution in [0.4, 0.5) is 13.2 Å². The van der Waals surface area contributed by atoms with Gasteiger partial charge in [-0.05, 0) is 42.3 Å². The molecule has 3 heterocycles. The molecule has 1 atom stereocenters. The van der Waals surface area contributed by atoms with Gasteiger partial charge in [-0.3, -0.25) is 9.36 Å². The first-order valence-corrected chi connectivity index (χ1v) is 14.5. The largest absolute Gasteiger partial charge is 0.463 e. The first-order chi connectivity index (χ1) is 20.7. The molecule has 6 rings (SSSR count). The third kappa shape index (κ3) is 5.44. The van der Waals surface area contributed by atoms with Crippen LogP contribution in [0.5, 0.6) is 0 Å². The highest BCUT2D eigenvalue weighted by Gasteiger charge is 2.45. The van der Waals surface area contributed by atoms with E-state index in [4.69, 9.17) is 16.3 Å². The Morgan fingerprint density at radius 2 is 1.74 bits per heavy atom. The molecule has 5 aromatic rings. The van der Waals surface area contributed by atoms with Gasteiger partial charge in [0.1, 0.15) is 0 Å². The van der Waals surface area contributed by atoms with Gasteiger partial charge in [-0.1, -0.05) is 83.6 Å². The average molecular weight is 622 g/mol. The molecule has 11 heteroatoms. The van der Waals surface area contributed by atoms with Crippen molar-refractivity contribution in [3.05, 3.63) is 138 Å².